The molecule has 0 aliphatic carbocycles. The van der Waals surface area contributed by atoms with Crippen LogP contribution in [-0.2, 0) is 0 Å². The summed E-state index contributed by atoms with van der Waals surface area (Å²) in [6.07, 6.45) is 1.47. The second kappa shape index (κ2) is 7.71. The maximum atomic E-state index is 12.2. The Balaban J connectivity index is 1.74. The zero-order chi connectivity index (χ0) is 18.7. The van der Waals surface area contributed by atoms with Gasteiger partial charge in [-0.05, 0) is 71.0 Å². The highest BCUT2D eigenvalue weighted by atomic mass is 79.9. The van der Waals surface area contributed by atoms with Crippen molar-refractivity contribution < 1.29 is 14.6 Å². The van der Waals surface area contributed by atoms with E-state index < -0.39 is 0 Å². The number of phenolic OH excluding ortho intramolecular Hbond substituents is 1. The summed E-state index contributed by atoms with van der Waals surface area (Å²) in [7, 11) is 0. The number of fused-ring (bicyclic) bond motifs is 1. The van der Waals surface area contributed by atoms with E-state index in [-0.39, 0.29) is 11.7 Å². The molecule has 7 nitrogen and oxygen atoms in total. The lowest BCUT2D eigenvalue weighted by Gasteiger charge is -2.08. The lowest BCUT2D eigenvalue weighted by Crippen LogP contribution is -2.17. The third kappa shape index (κ3) is 3.94. The maximum Gasteiger partial charge on any atom is 0.271 e. The molecule has 0 radical (unpaired) electrons. The first-order valence-corrected chi connectivity index (χ1v) is 8.89. The third-order valence-electron chi connectivity index (χ3n) is 3.51. The minimum absolute atomic E-state index is 0.0187. The van der Waals surface area contributed by atoms with Gasteiger partial charge in [-0.1, -0.05) is 0 Å². The summed E-state index contributed by atoms with van der Waals surface area (Å²) in [6, 6.07) is 8.43. The molecular weight excluding hydrogens is 420 g/mol. The van der Waals surface area contributed by atoms with Crippen LogP contribution in [0.2, 0.25) is 0 Å². The second-order valence-electron chi connectivity index (χ2n) is 5.32. The van der Waals surface area contributed by atoms with Crippen LogP contribution in [0.5, 0.6) is 11.5 Å². The van der Waals surface area contributed by atoms with E-state index in [0.29, 0.717) is 32.7 Å². The van der Waals surface area contributed by atoms with E-state index in [0.717, 1.165) is 11.0 Å². The molecule has 1 amide bonds. The molecule has 0 aliphatic heterocycles. The maximum absolute atomic E-state index is 12.2. The summed E-state index contributed by atoms with van der Waals surface area (Å²) < 4.78 is 6.33. The smallest absolute Gasteiger partial charge is 0.271 e. The van der Waals surface area contributed by atoms with Gasteiger partial charge >= 0.3 is 0 Å². The number of hydrazone groups is 1. The molecule has 0 unspecified atom stereocenters. The molecule has 1 aromatic heterocycles. The van der Waals surface area contributed by atoms with Crippen LogP contribution in [0.3, 0.4) is 0 Å². The first kappa shape index (κ1) is 18.2. The van der Waals surface area contributed by atoms with Crippen molar-refractivity contribution >= 4 is 51.3 Å². The van der Waals surface area contributed by atoms with Crippen molar-refractivity contribution in [3.05, 3.63) is 50.7 Å². The molecule has 2 aromatic carbocycles. The van der Waals surface area contributed by atoms with E-state index in [1.807, 2.05) is 6.92 Å². The van der Waals surface area contributed by atoms with Crippen LogP contribution in [0.25, 0.3) is 11.0 Å². The van der Waals surface area contributed by atoms with Gasteiger partial charge < -0.3 is 19.8 Å². The van der Waals surface area contributed by atoms with Gasteiger partial charge in [0.1, 0.15) is 0 Å². The number of carbonyl (C=O) groups excluding carboxylic acids is 1. The number of hydrogen-bond acceptors (Lipinski definition) is 5. The van der Waals surface area contributed by atoms with Gasteiger partial charge in [0.15, 0.2) is 16.3 Å². The van der Waals surface area contributed by atoms with Crippen molar-refractivity contribution in [3.63, 3.8) is 0 Å². The molecule has 0 fully saturated rings. The largest absolute Gasteiger partial charge is 0.503 e. The molecule has 26 heavy (non-hydrogen) atoms. The molecule has 0 spiro atoms. The number of benzene rings is 2. The average molecular weight is 435 g/mol. The number of nitrogens with zero attached hydrogens (tertiary/aromatic N) is 1. The van der Waals surface area contributed by atoms with Crippen molar-refractivity contribution in [1.82, 2.24) is 15.4 Å². The van der Waals surface area contributed by atoms with Gasteiger partial charge in [-0.15, -0.1) is 0 Å². The van der Waals surface area contributed by atoms with Crippen LogP contribution in [0.15, 0.2) is 39.9 Å². The molecule has 3 aromatic rings. The topological polar surface area (TPSA) is 102 Å². The molecule has 0 saturated heterocycles. The van der Waals surface area contributed by atoms with E-state index >= 15 is 0 Å². The molecule has 0 aliphatic rings. The van der Waals surface area contributed by atoms with Gasteiger partial charge in [0.2, 0.25) is 0 Å². The molecule has 134 valence electrons. The van der Waals surface area contributed by atoms with Gasteiger partial charge in [-0.2, -0.15) is 5.10 Å². The van der Waals surface area contributed by atoms with E-state index in [9.17, 15) is 9.90 Å². The SMILES string of the molecule is CCOc1cc(/C=N\NC(=O)c2ccc3[nH]c(=S)[nH]c3c2)cc(Br)c1O. The highest BCUT2D eigenvalue weighted by Gasteiger charge is 2.09. The molecule has 0 saturated carbocycles. The lowest BCUT2D eigenvalue weighted by atomic mass is 10.2. The van der Waals surface area contributed by atoms with Crippen molar-refractivity contribution in [1.29, 1.82) is 0 Å². The Hall–Kier alpha value is -2.65. The summed E-state index contributed by atoms with van der Waals surface area (Å²) in [5, 5.41) is 13.9. The quantitative estimate of drug-likeness (QED) is 0.278. The van der Waals surface area contributed by atoms with E-state index in [1.165, 1.54) is 6.21 Å². The zero-order valence-corrected chi connectivity index (χ0v) is 16.1. The zero-order valence-electron chi connectivity index (χ0n) is 13.7. The average Bonchev–Trinajstić information content (AvgIpc) is 2.98. The van der Waals surface area contributed by atoms with Crippen LogP contribution < -0.4 is 10.2 Å². The Morgan fingerprint density at radius 2 is 2.12 bits per heavy atom. The fourth-order valence-corrected chi connectivity index (χ4v) is 3.02. The monoisotopic (exact) mass is 434 g/mol. The van der Waals surface area contributed by atoms with Crippen molar-refractivity contribution in [2.24, 2.45) is 5.10 Å². The van der Waals surface area contributed by atoms with Crippen LogP contribution >= 0.6 is 28.1 Å². The molecular formula is C17H15BrN4O3S. The van der Waals surface area contributed by atoms with Crippen molar-refractivity contribution in [2.45, 2.75) is 6.92 Å². The number of H-pyrrole nitrogens is 2. The summed E-state index contributed by atoms with van der Waals surface area (Å²) >= 11 is 8.28. The molecule has 0 bridgehead atoms. The number of rotatable bonds is 5. The van der Waals surface area contributed by atoms with Crippen molar-refractivity contribution in [2.75, 3.05) is 6.61 Å². The van der Waals surface area contributed by atoms with Gasteiger partial charge in [-0.25, -0.2) is 5.43 Å². The van der Waals surface area contributed by atoms with Crippen LogP contribution in [0, 0.1) is 4.77 Å². The number of nitrogens with one attached hydrogen (secondary N) is 3. The predicted molar refractivity (Wildman–Crippen MR) is 106 cm³/mol. The number of imidazole rings is 1. The highest BCUT2D eigenvalue weighted by molar-refractivity contribution is 9.10. The predicted octanol–water partition coefficient (Wildman–Crippen LogP) is 3.86. The van der Waals surface area contributed by atoms with E-state index in [2.05, 4.69) is 36.4 Å². The third-order valence-corrected chi connectivity index (χ3v) is 4.32. The van der Waals surface area contributed by atoms with Gasteiger partial charge in [-0.3, -0.25) is 4.79 Å². The van der Waals surface area contributed by atoms with Gasteiger partial charge in [0.05, 0.1) is 28.3 Å². The van der Waals surface area contributed by atoms with Gasteiger partial charge in [0.25, 0.3) is 5.91 Å². The number of carbonyl (C=O) groups is 1. The molecule has 9 heteroatoms. The molecule has 4 N–H and O–H groups in total. The molecule has 3 rings (SSSR count). The number of aromatic nitrogens is 2. The fourth-order valence-electron chi connectivity index (χ4n) is 2.34. The molecule has 0 atom stereocenters. The highest BCUT2D eigenvalue weighted by Crippen LogP contribution is 2.35. The summed E-state index contributed by atoms with van der Waals surface area (Å²) in [5.74, 6) is -0.000406. The van der Waals surface area contributed by atoms with Crippen LogP contribution in [0.1, 0.15) is 22.8 Å². The number of amides is 1. The lowest BCUT2D eigenvalue weighted by molar-refractivity contribution is 0.0955. The minimum atomic E-state index is -0.355. The summed E-state index contributed by atoms with van der Waals surface area (Å²) in [5.41, 5.74) is 5.14. The Morgan fingerprint density at radius 1 is 1.35 bits per heavy atom. The van der Waals surface area contributed by atoms with Gasteiger partial charge in [0, 0.05) is 5.56 Å². The summed E-state index contributed by atoms with van der Waals surface area (Å²) in [6.45, 7) is 2.24. The number of ether oxygens (including phenoxy) is 1. The minimum Gasteiger partial charge on any atom is -0.503 e. The normalized spacial score (nSPS) is 11.2. The standard InChI is InChI=1S/C17H15BrN4O3S/c1-2-25-14-6-9(5-11(18)15(14)23)8-19-22-16(24)10-3-4-12-13(7-10)21-17(26)20-12/h3-8,23H,2H2,1H3,(H,22,24)(H2,20,21,26)/b19-8-. The Kier molecular flexibility index (Phi) is 5.38. The number of aromatic hydroxyl groups is 1. The van der Waals surface area contributed by atoms with Crippen LogP contribution in [0.4, 0.5) is 0 Å². The Bertz CT molecular complexity index is 1060. The number of hydrogen-bond donors (Lipinski definition) is 4. The van der Waals surface area contributed by atoms with E-state index in [1.54, 1.807) is 30.3 Å². The second-order valence-corrected chi connectivity index (χ2v) is 6.58. The van der Waals surface area contributed by atoms with Crippen LogP contribution in [-0.4, -0.2) is 33.8 Å². The van der Waals surface area contributed by atoms with Crippen molar-refractivity contribution in [3.8, 4) is 11.5 Å². The Morgan fingerprint density at radius 3 is 2.88 bits per heavy atom. The number of halogens is 1. The fraction of sp³-hybridized carbons (Fsp3) is 0.118. The summed E-state index contributed by atoms with van der Waals surface area (Å²) in [4.78, 5) is 18.2. The number of aromatic amines is 2. The Labute approximate surface area is 162 Å². The first-order valence-electron chi connectivity index (χ1n) is 7.68. The van der Waals surface area contributed by atoms with E-state index in [4.69, 9.17) is 17.0 Å². The first-order chi connectivity index (χ1) is 12.5. The molecule has 1 heterocycles. The number of phenols is 1.